The molecule has 0 bridgehead atoms. The molecular formula is C14H25N3O. The molecule has 102 valence electrons. The van der Waals surface area contributed by atoms with Crippen LogP contribution >= 0.6 is 0 Å². The zero-order valence-electron chi connectivity index (χ0n) is 11.8. The van der Waals surface area contributed by atoms with Gasteiger partial charge >= 0.3 is 0 Å². The topological polar surface area (TPSA) is 53.1 Å². The van der Waals surface area contributed by atoms with E-state index >= 15 is 0 Å². The molecule has 2 heterocycles. The number of hydrogen-bond donors (Lipinski definition) is 1. The molecule has 1 aromatic heterocycles. The maximum atomic E-state index is 6.30. The Hall–Kier alpha value is -1.03. The zero-order valence-corrected chi connectivity index (χ0v) is 11.8. The Morgan fingerprint density at radius 3 is 2.83 bits per heavy atom. The van der Waals surface area contributed by atoms with E-state index in [1.807, 2.05) is 0 Å². The molecule has 1 saturated heterocycles. The second kappa shape index (κ2) is 5.74. The molecule has 0 amide bonds. The lowest BCUT2D eigenvalue weighted by Crippen LogP contribution is -2.17. The molecule has 1 aromatic rings. The van der Waals surface area contributed by atoms with Crippen molar-refractivity contribution in [1.82, 2.24) is 9.55 Å². The van der Waals surface area contributed by atoms with Crippen molar-refractivity contribution < 1.29 is 4.74 Å². The third-order valence-electron chi connectivity index (χ3n) is 3.53. The molecular weight excluding hydrogens is 226 g/mol. The Morgan fingerprint density at radius 1 is 1.50 bits per heavy atom. The molecule has 4 nitrogen and oxygen atoms in total. The predicted octanol–water partition coefficient (Wildman–Crippen LogP) is 2.58. The highest BCUT2D eigenvalue weighted by Crippen LogP contribution is 2.30. The highest BCUT2D eigenvalue weighted by Gasteiger charge is 2.24. The van der Waals surface area contributed by atoms with E-state index in [1.165, 1.54) is 0 Å². The van der Waals surface area contributed by atoms with E-state index in [9.17, 15) is 0 Å². The summed E-state index contributed by atoms with van der Waals surface area (Å²) in [5.41, 5.74) is 7.37. The van der Waals surface area contributed by atoms with Crippen LogP contribution in [-0.2, 0) is 17.7 Å². The van der Waals surface area contributed by atoms with Crippen LogP contribution in [0, 0.1) is 5.92 Å². The van der Waals surface area contributed by atoms with E-state index in [2.05, 4.69) is 25.3 Å². The van der Waals surface area contributed by atoms with Crippen LogP contribution in [0.5, 0.6) is 0 Å². The van der Waals surface area contributed by atoms with Gasteiger partial charge < -0.3 is 15.0 Å². The van der Waals surface area contributed by atoms with Gasteiger partial charge in [-0.05, 0) is 18.8 Å². The molecule has 4 heteroatoms. The normalized spacial score (nSPS) is 20.6. The van der Waals surface area contributed by atoms with E-state index < -0.39 is 0 Å². The molecule has 0 radical (unpaired) electrons. The summed E-state index contributed by atoms with van der Waals surface area (Å²) in [7, 11) is 0. The third kappa shape index (κ3) is 2.69. The van der Waals surface area contributed by atoms with Crippen LogP contribution in [0.15, 0.2) is 0 Å². The van der Waals surface area contributed by atoms with Crippen LogP contribution < -0.4 is 5.73 Å². The van der Waals surface area contributed by atoms with Crippen LogP contribution in [0.1, 0.15) is 51.0 Å². The minimum Gasteiger partial charge on any atom is -0.384 e. The van der Waals surface area contributed by atoms with E-state index in [-0.39, 0.29) is 0 Å². The Bertz CT molecular complexity index is 392. The number of imidazole rings is 1. The largest absolute Gasteiger partial charge is 0.384 e. The Morgan fingerprint density at radius 2 is 2.28 bits per heavy atom. The summed E-state index contributed by atoms with van der Waals surface area (Å²) >= 11 is 0. The lowest BCUT2D eigenvalue weighted by Gasteiger charge is -2.21. The van der Waals surface area contributed by atoms with E-state index in [4.69, 9.17) is 15.5 Å². The first-order valence-electron chi connectivity index (χ1n) is 7.06. The number of nitrogen functional groups attached to an aromatic ring is 1. The first-order chi connectivity index (χ1) is 8.63. The number of nitrogens with zero attached hydrogens (tertiary/aromatic N) is 2. The molecule has 18 heavy (non-hydrogen) atoms. The van der Waals surface area contributed by atoms with Gasteiger partial charge in [-0.1, -0.05) is 20.8 Å². The van der Waals surface area contributed by atoms with Crippen molar-refractivity contribution in [2.24, 2.45) is 5.92 Å². The van der Waals surface area contributed by atoms with Crippen LogP contribution in [0.2, 0.25) is 0 Å². The molecule has 0 saturated carbocycles. The summed E-state index contributed by atoms with van der Waals surface area (Å²) in [6, 6.07) is 0. The Balaban J connectivity index is 2.27. The van der Waals surface area contributed by atoms with Crippen molar-refractivity contribution in [3.63, 3.8) is 0 Å². The Labute approximate surface area is 110 Å². The second-order valence-electron chi connectivity index (χ2n) is 5.57. The molecule has 2 N–H and O–H groups in total. The van der Waals surface area contributed by atoms with E-state index in [0.717, 1.165) is 56.4 Å². The van der Waals surface area contributed by atoms with Gasteiger partial charge in [-0.15, -0.1) is 0 Å². The van der Waals surface area contributed by atoms with Crippen molar-refractivity contribution in [2.75, 3.05) is 18.9 Å². The molecule has 1 aliphatic heterocycles. The monoisotopic (exact) mass is 251 g/mol. The van der Waals surface area contributed by atoms with E-state index in [0.29, 0.717) is 11.8 Å². The van der Waals surface area contributed by atoms with Crippen molar-refractivity contribution in [3.05, 3.63) is 11.5 Å². The summed E-state index contributed by atoms with van der Waals surface area (Å²) in [4.78, 5) is 4.76. The van der Waals surface area contributed by atoms with Gasteiger partial charge in [0, 0.05) is 25.5 Å². The number of hydrogen-bond acceptors (Lipinski definition) is 3. The Kier molecular flexibility index (Phi) is 4.27. The summed E-state index contributed by atoms with van der Waals surface area (Å²) in [5.74, 6) is 2.94. The first-order valence-corrected chi connectivity index (χ1v) is 7.06. The van der Waals surface area contributed by atoms with Crippen LogP contribution in [0.3, 0.4) is 0 Å². The number of anilines is 1. The molecule has 1 unspecified atom stereocenters. The summed E-state index contributed by atoms with van der Waals surface area (Å²) < 4.78 is 7.74. The second-order valence-corrected chi connectivity index (χ2v) is 5.57. The highest BCUT2D eigenvalue weighted by molar-refractivity contribution is 5.41. The van der Waals surface area contributed by atoms with Crippen LogP contribution in [-0.4, -0.2) is 22.8 Å². The smallest absolute Gasteiger partial charge is 0.127 e. The maximum absolute atomic E-state index is 6.30. The zero-order chi connectivity index (χ0) is 13.1. The molecule has 1 aliphatic rings. The van der Waals surface area contributed by atoms with Gasteiger partial charge in [-0.2, -0.15) is 0 Å². The van der Waals surface area contributed by atoms with Crippen molar-refractivity contribution in [2.45, 2.75) is 52.5 Å². The number of nitrogens with two attached hydrogens (primary N) is 1. The third-order valence-corrected chi connectivity index (χ3v) is 3.53. The summed E-state index contributed by atoms with van der Waals surface area (Å²) in [6.07, 6.45) is 3.19. The minimum atomic E-state index is 0.387. The number of rotatable bonds is 4. The van der Waals surface area contributed by atoms with Crippen molar-refractivity contribution in [3.8, 4) is 0 Å². The maximum Gasteiger partial charge on any atom is 0.127 e. The van der Waals surface area contributed by atoms with Crippen molar-refractivity contribution >= 4 is 5.82 Å². The van der Waals surface area contributed by atoms with E-state index in [1.54, 1.807) is 0 Å². The minimum absolute atomic E-state index is 0.387. The molecule has 0 spiro atoms. The lowest BCUT2D eigenvalue weighted by molar-refractivity contribution is 0.0796. The highest BCUT2D eigenvalue weighted by atomic mass is 16.5. The first kappa shape index (κ1) is 13.4. The molecule has 1 fully saturated rings. The van der Waals surface area contributed by atoms with Gasteiger partial charge in [0.1, 0.15) is 11.6 Å². The van der Waals surface area contributed by atoms with Crippen molar-refractivity contribution in [1.29, 1.82) is 0 Å². The average molecular weight is 251 g/mol. The summed E-state index contributed by atoms with van der Waals surface area (Å²) in [5, 5.41) is 0. The van der Waals surface area contributed by atoms with Gasteiger partial charge in [0.2, 0.25) is 0 Å². The predicted molar refractivity (Wildman–Crippen MR) is 73.6 cm³/mol. The van der Waals surface area contributed by atoms with Gasteiger partial charge in [-0.25, -0.2) is 4.98 Å². The van der Waals surface area contributed by atoms with Gasteiger partial charge in [0.05, 0.1) is 12.3 Å². The number of aryl methyl sites for hydroxylation is 1. The standard InChI is InChI=1S/C14H25N3O/c1-4-12-16-13(11-6-5-7-18-9-11)14(15)17(12)8-10(2)3/h10-11H,4-9,15H2,1-3H3. The fraction of sp³-hybridized carbons (Fsp3) is 0.786. The lowest BCUT2D eigenvalue weighted by atomic mass is 9.98. The molecule has 0 aliphatic carbocycles. The van der Waals surface area contributed by atoms with Crippen LogP contribution in [0.25, 0.3) is 0 Å². The SMILES string of the molecule is CCc1nc(C2CCCOC2)c(N)n1CC(C)C. The molecule has 1 atom stereocenters. The fourth-order valence-corrected chi connectivity index (χ4v) is 2.63. The van der Waals surface area contributed by atoms with Crippen LogP contribution in [0.4, 0.5) is 5.82 Å². The van der Waals surface area contributed by atoms with Gasteiger partial charge in [0.15, 0.2) is 0 Å². The fourth-order valence-electron chi connectivity index (χ4n) is 2.63. The number of aromatic nitrogens is 2. The average Bonchev–Trinajstić information content (AvgIpc) is 2.67. The molecule has 0 aromatic carbocycles. The molecule has 2 rings (SSSR count). The summed E-state index contributed by atoms with van der Waals surface area (Å²) in [6.45, 7) is 9.16. The quantitative estimate of drug-likeness (QED) is 0.895. The number of ether oxygens (including phenoxy) is 1. The van der Waals surface area contributed by atoms with Gasteiger partial charge in [-0.3, -0.25) is 0 Å². The van der Waals surface area contributed by atoms with Gasteiger partial charge in [0.25, 0.3) is 0 Å².